The Bertz CT molecular complexity index is 362. The van der Waals surface area contributed by atoms with E-state index in [1.165, 1.54) is 6.20 Å². The molecule has 1 aromatic rings. The van der Waals surface area contributed by atoms with Gasteiger partial charge in [0.05, 0.1) is 11.9 Å². The van der Waals surface area contributed by atoms with Crippen LogP contribution in [0.5, 0.6) is 0 Å². The Kier molecular flexibility index (Phi) is 1.65. The summed E-state index contributed by atoms with van der Waals surface area (Å²) in [6.45, 7) is 0. The van der Waals surface area contributed by atoms with E-state index in [4.69, 9.17) is 5.73 Å². The number of carbonyl (C=O) groups is 1. The van der Waals surface area contributed by atoms with Gasteiger partial charge in [0.2, 0.25) is 0 Å². The van der Waals surface area contributed by atoms with Gasteiger partial charge in [-0.3, -0.25) is 4.79 Å². The van der Waals surface area contributed by atoms with Crippen LogP contribution < -0.4 is 5.73 Å². The van der Waals surface area contributed by atoms with Crippen molar-refractivity contribution in [2.45, 2.75) is 12.8 Å². The summed E-state index contributed by atoms with van der Waals surface area (Å²) < 4.78 is 0.748. The first kappa shape index (κ1) is 7.73. The molecule has 12 heavy (non-hydrogen) atoms. The molecular formula is C8H7BrN2O. The molecule has 0 spiro atoms. The fraction of sp³-hybridized carbons (Fsp3) is 0.250. The lowest BCUT2D eigenvalue weighted by atomic mass is 10.1. The van der Waals surface area contributed by atoms with Crippen LogP contribution in [0.2, 0.25) is 0 Å². The summed E-state index contributed by atoms with van der Waals surface area (Å²) in [6.07, 6.45) is 2.84. The van der Waals surface area contributed by atoms with Crippen molar-refractivity contribution in [3.05, 3.63) is 21.9 Å². The summed E-state index contributed by atoms with van der Waals surface area (Å²) in [4.78, 5) is 15.3. The maximum absolute atomic E-state index is 11.3. The van der Waals surface area contributed by atoms with E-state index < -0.39 is 0 Å². The van der Waals surface area contributed by atoms with Crippen LogP contribution in [0.1, 0.15) is 22.3 Å². The molecule has 1 aliphatic carbocycles. The van der Waals surface area contributed by atoms with E-state index in [1.807, 2.05) is 0 Å². The normalized spacial score (nSPS) is 14.9. The Labute approximate surface area is 78.1 Å². The Morgan fingerprint density at radius 2 is 2.25 bits per heavy atom. The van der Waals surface area contributed by atoms with Gasteiger partial charge in [-0.05, 0) is 27.9 Å². The minimum Gasteiger partial charge on any atom is -0.397 e. The number of aromatic nitrogens is 1. The highest BCUT2D eigenvalue weighted by atomic mass is 79.9. The van der Waals surface area contributed by atoms with Crippen molar-refractivity contribution >= 4 is 27.4 Å². The van der Waals surface area contributed by atoms with Crippen LogP contribution in [0.4, 0.5) is 5.69 Å². The second-order valence-corrected chi connectivity index (χ2v) is 3.53. The molecule has 0 aliphatic heterocycles. The van der Waals surface area contributed by atoms with Gasteiger partial charge in [0.15, 0.2) is 5.78 Å². The van der Waals surface area contributed by atoms with Crippen molar-refractivity contribution in [3.8, 4) is 0 Å². The number of nitrogens with zero attached hydrogens (tertiary/aromatic N) is 1. The molecule has 62 valence electrons. The summed E-state index contributed by atoms with van der Waals surface area (Å²) in [7, 11) is 0. The fourth-order valence-corrected chi connectivity index (χ4v) is 1.97. The molecule has 4 heteroatoms. The molecule has 2 N–H and O–H groups in total. The first-order chi connectivity index (χ1) is 5.70. The lowest BCUT2D eigenvalue weighted by Crippen LogP contribution is -2.00. The third kappa shape index (κ3) is 0.948. The predicted octanol–water partition coefficient (Wildman–Crippen LogP) is 1.56. The number of anilines is 1. The summed E-state index contributed by atoms with van der Waals surface area (Å²) >= 11 is 3.29. The van der Waals surface area contributed by atoms with Gasteiger partial charge in [-0.15, -0.1) is 0 Å². The fourth-order valence-electron chi connectivity index (χ4n) is 1.47. The molecule has 0 saturated heterocycles. The van der Waals surface area contributed by atoms with Crippen molar-refractivity contribution in [2.75, 3.05) is 5.73 Å². The van der Waals surface area contributed by atoms with Crippen LogP contribution in [-0.4, -0.2) is 10.8 Å². The number of hydrogen-bond donors (Lipinski definition) is 1. The van der Waals surface area contributed by atoms with E-state index in [-0.39, 0.29) is 5.78 Å². The number of halogens is 1. The Hall–Kier alpha value is -0.900. The van der Waals surface area contributed by atoms with Gasteiger partial charge >= 0.3 is 0 Å². The molecule has 1 heterocycles. The molecule has 1 aliphatic rings. The van der Waals surface area contributed by atoms with E-state index in [0.29, 0.717) is 17.7 Å². The number of carbonyl (C=O) groups excluding carboxylic acids is 1. The number of ketones is 1. The Balaban J connectivity index is 2.72. The smallest absolute Gasteiger partial charge is 0.165 e. The van der Waals surface area contributed by atoms with Crippen LogP contribution in [0.3, 0.4) is 0 Å². The zero-order valence-electron chi connectivity index (χ0n) is 6.30. The summed E-state index contributed by atoms with van der Waals surface area (Å²) in [5, 5.41) is 0. The molecular weight excluding hydrogens is 220 g/mol. The molecule has 1 aromatic heterocycles. The molecule has 2 rings (SSSR count). The number of rotatable bonds is 0. The average molecular weight is 227 g/mol. The van der Waals surface area contributed by atoms with Gasteiger partial charge in [-0.2, -0.15) is 0 Å². The summed E-state index contributed by atoms with van der Waals surface area (Å²) in [6, 6.07) is 0. The molecule has 0 fully saturated rings. The Morgan fingerprint density at radius 3 is 2.92 bits per heavy atom. The number of Topliss-reactive ketones (excluding diaryl/α,β-unsaturated/α-hetero) is 1. The van der Waals surface area contributed by atoms with Gasteiger partial charge in [0, 0.05) is 12.0 Å². The average Bonchev–Trinajstić information content (AvgIpc) is 2.42. The Morgan fingerprint density at radius 1 is 1.50 bits per heavy atom. The number of fused-ring (bicyclic) bond motifs is 1. The third-order valence-corrected chi connectivity index (χ3v) is 2.72. The quantitative estimate of drug-likeness (QED) is 0.684. The van der Waals surface area contributed by atoms with E-state index in [9.17, 15) is 4.79 Å². The third-order valence-electron chi connectivity index (χ3n) is 2.04. The topological polar surface area (TPSA) is 56.0 Å². The van der Waals surface area contributed by atoms with Gasteiger partial charge in [0.1, 0.15) is 4.60 Å². The van der Waals surface area contributed by atoms with Gasteiger partial charge in [-0.1, -0.05) is 0 Å². The molecule has 0 atom stereocenters. The maximum Gasteiger partial charge on any atom is 0.165 e. The van der Waals surface area contributed by atoms with Crippen molar-refractivity contribution < 1.29 is 4.79 Å². The standard InChI is InChI=1S/C8H7BrN2O/c9-8-4-1-2-6(12)7(4)5(10)3-11-8/h3H,1-2,10H2. The number of nitrogen functional groups attached to an aromatic ring is 1. The zero-order chi connectivity index (χ0) is 8.72. The highest BCUT2D eigenvalue weighted by Gasteiger charge is 2.24. The van der Waals surface area contributed by atoms with E-state index >= 15 is 0 Å². The highest BCUT2D eigenvalue weighted by molar-refractivity contribution is 9.10. The molecule has 0 saturated carbocycles. The number of hydrogen-bond acceptors (Lipinski definition) is 3. The maximum atomic E-state index is 11.3. The van der Waals surface area contributed by atoms with Gasteiger partial charge in [-0.25, -0.2) is 4.98 Å². The molecule has 0 radical (unpaired) electrons. The minimum absolute atomic E-state index is 0.130. The molecule has 0 amide bonds. The summed E-state index contributed by atoms with van der Waals surface area (Å²) in [5.41, 5.74) is 7.75. The lowest BCUT2D eigenvalue weighted by molar-refractivity contribution is 0.0995. The van der Waals surface area contributed by atoms with Crippen molar-refractivity contribution in [3.63, 3.8) is 0 Å². The van der Waals surface area contributed by atoms with Crippen LogP contribution in [0, 0.1) is 0 Å². The molecule has 3 nitrogen and oxygen atoms in total. The number of pyridine rings is 1. The van der Waals surface area contributed by atoms with Crippen LogP contribution in [0.25, 0.3) is 0 Å². The minimum atomic E-state index is 0.130. The monoisotopic (exact) mass is 226 g/mol. The second-order valence-electron chi connectivity index (χ2n) is 2.78. The van der Waals surface area contributed by atoms with Crippen molar-refractivity contribution in [1.82, 2.24) is 4.98 Å². The number of nitrogens with two attached hydrogens (primary N) is 1. The molecule has 0 aromatic carbocycles. The van der Waals surface area contributed by atoms with Crippen LogP contribution in [0.15, 0.2) is 10.8 Å². The highest BCUT2D eigenvalue weighted by Crippen LogP contribution is 2.30. The van der Waals surface area contributed by atoms with E-state index in [2.05, 4.69) is 20.9 Å². The zero-order valence-corrected chi connectivity index (χ0v) is 7.89. The van der Waals surface area contributed by atoms with Gasteiger partial charge in [0.25, 0.3) is 0 Å². The summed E-state index contributed by atoms with van der Waals surface area (Å²) in [5.74, 6) is 0.130. The second kappa shape index (κ2) is 2.55. The molecule has 0 unspecified atom stereocenters. The first-order valence-electron chi connectivity index (χ1n) is 3.66. The van der Waals surface area contributed by atoms with Crippen LogP contribution >= 0.6 is 15.9 Å². The largest absolute Gasteiger partial charge is 0.397 e. The predicted molar refractivity (Wildman–Crippen MR) is 49.0 cm³/mol. The van der Waals surface area contributed by atoms with E-state index in [1.54, 1.807) is 0 Å². The SMILES string of the molecule is Nc1cnc(Br)c2c1C(=O)CC2. The van der Waals surface area contributed by atoms with Gasteiger partial charge < -0.3 is 5.73 Å². The van der Waals surface area contributed by atoms with E-state index in [0.717, 1.165) is 16.6 Å². The van der Waals surface area contributed by atoms with Crippen molar-refractivity contribution in [1.29, 1.82) is 0 Å². The van der Waals surface area contributed by atoms with Crippen LogP contribution in [-0.2, 0) is 6.42 Å². The molecule has 0 bridgehead atoms. The lowest BCUT2D eigenvalue weighted by Gasteiger charge is -2.02. The first-order valence-corrected chi connectivity index (χ1v) is 4.45. The van der Waals surface area contributed by atoms with Crippen molar-refractivity contribution in [2.24, 2.45) is 0 Å².